The molecule has 0 saturated heterocycles. The van der Waals surface area contributed by atoms with Gasteiger partial charge in [0.05, 0.1) is 12.3 Å². The van der Waals surface area contributed by atoms with Gasteiger partial charge in [-0.25, -0.2) is 0 Å². The topological polar surface area (TPSA) is 52.8 Å². The van der Waals surface area contributed by atoms with Gasteiger partial charge >= 0.3 is 0 Å². The van der Waals surface area contributed by atoms with E-state index in [1.54, 1.807) is 16.4 Å². The Morgan fingerprint density at radius 1 is 1.09 bits per heavy atom. The zero-order valence-corrected chi connectivity index (χ0v) is 14.0. The largest absolute Gasteiger partial charge is 0.494 e. The second-order valence-corrected chi connectivity index (χ2v) is 5.98. The number of ether oxygens (including phenoxy) is 1. The van der Waals surface area contributed by atoms with Crippen LogP contribution in [-0.4, -0.2) is 26.8 Å². The summed E-state index contributed by atoms with van der Waals surface area (Å²) < 4.78 is 7.42. The quantitative estimate of drug-likeness (QED) is 0.647. The van der Waals surface area contributed by atoms with Gasteiger partial charge in [-0.05, 0) is 42.5 Å². The molecule has 0 unspecified atom stereocenters. The van der Waals surface area contributed by atoms with Crippen LogP contribution in [0.15, 0.2) is 53.7 Å². The first-order valence-electron chi connectivity index (χ1n) is 7.47. The molecule has 0 fully saturated rings. The maximum atomic E-state index is 5.66. The summed E-state index contributed by atoms with van der Waals surface area (Å²) in [7, 11) is 0. The number of aryl methyl sites for hydroxylation is 1. The molecule has 2 aromatic carbocycles. The van der Waals surface area contributed by atoms with Crippen LogP contribution in [0.5, 0.6) is 5.75 Å². The highest BCUT2D eigenvalue weighted by molar-refractivity contribution is 7.98. The van der Waals surface area contributed by atoms with Gasteiger partial charge in [0.25, 0.3) is 0 Å². The summed E-state index contributed by atoms with van der Waals surface area (Å²) >= 11 is 1.59. The van der Waals surface area contributed by atoms with E-state index in [9.17, 15) is 0 Å². The van der Waals surface area contributed by atoms with Crippen LogP contribution in [0.4, 0.5) is 0 Å². The van der Waals surface area contributed by atoms with Crippen molar-refractivity contribution in [3.8, 4) is 11.4 Å². The van der Waals surface area contributed by atoms with Crippen molar-refractivity contribution in [2.75, 3.05) is 6.61 Å². The Balaban J connectivity index is 1.77. The molecule has 0 radical (unpaired) electrons. The number of nitrogens with zero attached hydrogens (tertiary/aromatic N) is 4. The second kappa shape index (κ2) is 7.28. The average Bonchev–Trinajstić information content (AvgIpc) is 3.03. The minimum atomic E-state index is 0.656. The van der Waals surface area contributed by atoms with Gasteiger partial charge in [0.15, 0.2) is 0 Å². The smallest absolute Gasteiger partial charge is 0.214 e. The standard InChI is InChI=1S/C17H18N4OS/c1-3-22-16-7-5-4-6-14(16)12-23-17-18-19-20-21(17)15-10-8-13(2)9-11-15/h4-11H,3,12H2,1-2H3. The van der Waals surface area contributed by atoms with E-state index >= 15 is 0 Å². The summed E-state index contributed by atoms with van der Waals surface area (Å²) in [6.45, 7) is 4.70. The number of hydrogen-bond acceptors (Lipinski definition) is 5. The van der Waals surface area contributed by atoms with Crippen LogP contribution < -0.4 is 4.74 Å². The molecule has 1 heterocycles. The molecular weight excluding hydrogens is 308 g/mol. The third-order valence-corrected chi connectivity index (χ3v) is 4.32. The molecule has 0 amide bonds. The van der Waals surface area contributed by atoms with Gasteiger partial charge in [0, 0.05) is 11.3 Å². The number of aromatic nitrogens is 4. The molecule has 3 rings (SSSR count). The van der Waals surface area contributed by atoms with E-state index in [2.05, 4.69) is 40.6 Å². The second-order valence-electron chi connectivity index (χ2n) is 5.04. The number of benzene rings is 2. The predicted molar refractivity (Wildman–Crippen MR) is 91.1 cm³/mol. The lowest BCUT2D eigenvalue weighted by Crippen LogP contribution is -2.00. The van der Waals surface area contributed by atoms with Gasteiger partial charge in [0.2, 0.25) is 5.16 Å². The lowest BCUT2D eigenvalue weighted by Gasteiger charge is -2.09. The first-order valence-corrected chi connectivity index (χ1v) is 8.45. The molecule has 1 aromatic heterocycles. The molecule has 0 atom stereocenters. The van der Waals surface area contributed by atoms with Crippen LogP contribution in [-0.2, 0) is 5.75 Å². The minimum absolute atomic E-state index is 0.656. The van der Waals surface area contributed by atoms with Crippen LogP contribution >= 0.6 is 11.8 Å². The van der Waals surface area contributed by atoms with E-state index in [1.165, 1.54) is 5.56 Å². The maximum Gasteiger partial charge on any atom is 0.214 e. The third kappa shape index (κ3) is 3.71. The third-order valence-electron chi connectivity index (χ3n) is 3.35. The van der Waals surface area contributed by atoms with Crippen LogP contribution in [0.25, 0.3) is 5.69 Å². The van der Waals surface area contributed by atoms with E-state index in [0.717, 1.165) is 27.9 Å². The number of tetrazole rings is 1. The Morgan fingerprint density at radius 2 is 1.87 bits per heavy atom. The fourth-order valence-corrected chi connectivity index (χ4v) is 3.06. The van der Waals surface area contributed by atoms with Gasteiger partial charge in [0.1, 0.15) is 5.75 Å². The summed E-state index contributed by atoms with van der Waals surface area (Å²) in [4.78, 5) is 0. The Morgan fingerprint density at radius 3 is 2.65 bits per heavy atom. The lowest BCUT2D eigenvalue weighted by molar-refractivity contribution is 0.337. The van der Waals surface area contributed by atoms with Crippen molar-refractivity contribution in [1.82, 2.24) is 20.2 Å². The molecule has 0 bridgehead atoms. The first-order chi connectivity index (χ1) is 11.3. The number of rotatable bonds is 6. The molecule has 0 N–H and O–H groups in total. The van der Waals surface area contributed by atoms with Crippen molar-refractivity contribution in [1.29, 1.82) is 0 Å². The van der Waals surface area contributed by atoms with Crippen molar-refractivity contribution in [2.24, 2.45) is 0 Å². The van der Waals surface area contributed by atoms with E-state index in [4.69, 9.17) is 4.74 Å². The normalized spacial score (nSPS) is 10.7. The highest BCUT2D eigenvalue weighted by Gasteiger charge is 2.11. The molecule has 0 aliphatic rings. The monoisotopic (exact) mass is 326 g/mol. The van der Waals surface area contributed by atoms with Crippen LogP contribution in [0.2, 0.25) is 0 Å². The van der Waals surface area contributed by atoms with Gasteiger partial charge < -0.3 is 4.74 Å². The van der Waals surface area contributed by atoms with Crippen LogP contribution in [0.3, 0.4) is 0 Å². The predicted octanol–water partition coefficient (Wildman–Crippen LogP) is 3.66. The number of para-hydroxylation sites is 1. The lowest BCUT2D eigenvalue weighted by atomic mass is 10.2. The highest BCUT2D eigenvalue weighted by Crippen LogP contribution is 2.27. The van der Waals surface area contributed by atoms with E-state index in [0.29, 0.717) is 6.61 Å². The molecule has 0 spiro atoms. The first kappa shape index (κ1) is 15.6. The van der Waals surface area contributed by atoms with Gasteiger partial charge in [-0.1, -0.05) is 47.7 Å². The molecule has 23 heavy (non-hydrogen) atoms. The summed E-state index contributed by atoms with van der Waals surface area (Å²) in [5.74, 6) is 1.67. The molecule has 0 saturated carbocycles. The average molecular weight is 326 g/mol. The van der Waals surface area contributed by atoms with Crippen LogP contribution in [0, 0.1) is 6.92 Å². The molecule has 6 heteroatoms. The Labute approximate surface area is 139 Å². The molecule has 0 aliphatic heterocycles. The maximum absolute atomic E-state index is 5.66. The van der Waals surface area contributed by atoms with Crippen LogP contribution in [0.1, 0.15) is 18.1 Å². The molecule has 0 aliphatic carbocycles. The summed E-state index contributed by atoms with van der Waals surface area (Å²) in [5, 5.41) is 12.8. The fourth-order valence-electron chi connectivity index (χ4n) is 2.18. The van der Waals surface area contributed by atoms with Gasteiger partial charge in [-0.2, -0.15) is 4.68 Å². The van der Waals surface area contributed by atoms with E-state index < -0.39 is 0 Å². The van der Waals surface area contributed by atoms with Crippen molar-refractivity contribution in [3.05, 3.63) is 59.7 Å². The minimum Gasteiger partial charge on any atom is -0.494 e. The highest BCUT2D eigenvalue weighted by atomic mass is 32.2. The number of hydrogen-bond donors (Lipinski definition) is 0. The molecule has 118 valence electrons. The van der Waals surface area contributed by atoms with Gasteiger partial charge in [-0.15, -0.1) is 5.10 Å². The van der Waals surface area contributed by atoms with Crippen molar-refractivity contribution in [3.63, 3.8) is 0 Å². The SMILES string of the molecule is CCOc1ccccc1CSc1nnnn1-c1ccc(C)cc1. The van der Waals surface area contributed by atoms with Crippen molar-refractivity contribution in [2.45, 2.75) is 24.8 Å². The Hall–Kier alpha value is -2.34. The number of thioether (sulfide) groups is 1. The van der Waals surface area contributed by atoms with E-state index in [1.807, 2.05) is 37.3 Å². The molecule has 3 aromatic rings. The summed E-state index contributed by atoms with van der Waals surface area (Å²) in [5.41, 5.74) is 3.31. The Bertz CT molecular complexity index is 770. The summed E-state index contributed by atoms with van der Waals surface area (Å²) in [6.07, 6.45) is 0. The summed E-state index contributed by atoms with van der Waals surface area (Å²) in [6, 6.07) is 16.2. The zero-order valence-electron chi connectivity index (χ0n) is 13.1. The fraction of sp³-hybridized carbons (Fsp3) is 0.235. The molecule has 5 nitrogen and oxygen atoms in total. The van der Waals surface area contributed by atoms with E-state index in [-0.39, 0.29) is 0 Å². The Kier molecular flexibility index (Phi) is 4.92. The van der Waals surface area contributed by atoms with Crippen molar-refractivity contribution < 1.29 is 4.74 Å². The zero-order chi connectivity index (χ0) is 16.1. The van der Waals surface area contributed by atoms with Gasteiger partial charge in [-0.3, -0.25) is 0 Å². The molecular formula is C17H18N4OS. The van der Waals surface area contributed by atoms with Crippen molar-refractivity contribution >= 4 is 11.8 Å².